The molecule has 0 saturated carbocycles. The van der Waals surface area contributed by atoms with Gasteiger partial charge in [-0.05, 0) is 37.0 Å². The summed E-state index contributed by atoms with van der Waals surface area (Å²) in [7, 11) is 1.55. The lowest BCUT2D eigenvalue weighted by atomic mass is 10.0. The Hall–Kier alpha value is -2.42. The van der Waals surface area contributed by atoms with E-state index in [1.807, 2.05) is 0 Å². The fourth-order valence-corrected chi connectivity index (χ4v) is 2.78. The number of aromatic amines is 1. The summed E-state index contributed by atoms with van der Waals surface area (Å²) in [6, 6.07) is 3.59. The van der Waals surface area contributed by atoms with E-state index in [1.165, 1.54) is 6.21 Å². The molecule has 2 heterocycles. The van der Waals surface area contributed by atoms with Gasteiger partial charge in [0, 0.05) is 32.0 Å². The maximum Gasteiger partial charge on any atom is 0.416 e. The van der Waals surface area contributed by atoms with Crippen molar-refractivity contribution in [1.82, 2.24) is 15.4 Å². The molecule has 140 valence electrons. The van der Waals surface area contributed by atoms with E-state index >= 15 is 0 Å². The number of aromatic nitrogens is 3. The second kappa shape index (κ2) is 7.86. The Labute approximate surface area is 148 Å². The van der Waals surface area contributed by atoms with Crippen molar-refractivity contribution in [2.24, 2.45) is 10.9 Å². The van der Waals surface area contributed by atoms with Gasteiger partial charge in [0.05, 0.1) is 12.2 Å². The van der Waals surface area contributed by atoms with E-state index in [1.54, 1.807) is 13.1 Å². The van der Waals surface area contributed by atoms with Crippen LogP contribution in [0.5, 0.6) is 5.75 Å². The molecule has 0 spiro atoms. The molecule has 1 N–H and O–H groups in total. The molecule has 1 aliphatic rings. The van der Waals surface area contributed by atoms with Crippen LogP contribution in [0.4, 0.5) is 13.2 Å². The molecule has 1 aromatic carbocycles. The van der Waals surface area contributed by atoms with E-state index in [-0.39, 0.29) is 22.9 Å². The largest absolute Gasteiger partial charge is 0.493 e. The molecule has 0 atom stereocenters. The molecule has 26 heavy (non-hydrogen) atoms. The summed E-state index contributed by atoms with van der Waals surface area (Å²) in [6.45, 7) is 1.66. The van der Waals surface area contributed by atoms with Crippen LogP contribution in [0, 0.1) is 5.92 Å². The minimum absolute atomic E-state index is 0.156. The van der Waals surface area contributed by atoms with Gasteiger partial charge in [-0.1, -0.05) is 5.21 Å². The second-order valence-corrected chi connectivity index (χ2v) is 6.07. The van der Waals surface area contributed by atoms with E-state index in [2.05, 4.69) is 20.4 Å². The molecule has 1 saturated heterocycles. The molecular formula is C17H19F3N4O2. The van der Waals surface area contributed by atoms with Crippen molar-refractivity contribution in [2.45, 2.75) is 19.0 Å². The van der Waals surface area contributed by atoms with Crippen LogP contribution in [-0.2, 0) is 10.9 Å². The number of hydrogen-bond acceptors (Lipinski definition) is 5. The zero-order chi connectivity index (χ0) is 18.6. The maximum absolute atomic E-state index is 13.3. The lowest BCUT2D eigenvalue weighted by Gasteiger charge is -2.22. The van der Waals surface area contributed by atoms with Gasteiger partial charge in [-0.15, -0.1) is 5.10 Å². The molecule has 0 amide bonds. The van der Waals surface area contributed by atoms with E-state index < -0.39 is 11.7 Å². The lowest BCUT2D eigenvalue weighted by Crippen LogP contribution is -2.21. The Bertz CT molecular complexity index is 768. The third-order valence-electron chi connectivity index (χ3n) is 4.17. The molecular weight excluding hydrogens is 349 g/mol. The molecule has 6 nitrogen and oxygen atoms in total. The van der Waals surface area contributed by atoms with Crippen molar-refractivity contribution in [3.63, 3.8) is 0 Å². The van der Waals surface area contributed by atoms with Gasteiger partial charge in [-0.3, -0.25) is 10.1 Å². The standard InChI is InChI=1S/C17H19F3N4O2/c1-21-9-15-16(23-24-22-15)12-6-13(17(18,19)20)8-14(7-12)26-10-11-2-4-25-5-3-11/h6-9,11H,2-5,10H2,1H3,(H,22,23,24)/b21-9-. The molecule has 0 radical (unpaired) electrons. The van der Waals surface area contributed by atoms with Gasteiger partial charge < -0.3 is 9.47 Å². The van der Waals surface area contributed by atoms with Crippen molar-refractivity contribution in [3.05, 3.63) is 29.5 Å². The molecule has 1 fully saturated rings. The topological polar surface area (TPSA) is 72.4 Å². The number of H-pyrrole nitrogens is 1. The van der Waals surface area contributed by atoms with Gasteiger partial charge in [-0.25, -0.2) is 0 Å². The fraction of sp³-hybridized carbons (Fsp3) is 0.471. The quantitative estimate of drug-likeness (QED) is 0.822. The van der Waals surface area contributed by atoms with E-state index in [0.717, 1.165) is 25.0 Å². The number of aliphatic imine (C=N–C) groups is 1. The van der Waals surface area contributed by atoms with Crippen LogP contribution in [0.3, 0.4) is 0 Å². The second-order valence-electron chi connectivity index (χ2n) is 6.07. The summed E-state index contributed by atoms with van der Waals surface area (Å²) in [4.78, 5) is 3.85. The van der Waals surface area contributed by atoms with Gasteiger partial charge in [0.25, 0.3) is 0 Å². The van der Waals surface area contributed by atoms with E-state index in [9.17, 15) is 13.2 Å². The zero-order valence-corrected chi connectivity index (χ0v) is 14.2. The Morgan fingerprint density at radius 2 is 2.08 bits per heavy atom. The number of rotatable bonds is 5. The van der Waals surface area contributed by atoms with E-state index in [0.29, 0.717) is 25.5 Å². The van der Waals surface area contributed by atoms with E-state index in [4.69, 9.17) is 9.47 Å². The number of halogens is 3. The van der Waals surface area contributed by atoms with Crippen LogP contribution in [0.15, 0.2) is 23.2 Å². The van der Waals surface area contributed by atoms with Gasteiger partial charge in [0.15, 0.2) is 0 Å². The smallest absolute Gasteiger partial charge is 0.416 e. The molecule has 3 rings (SSSR count). The van der Waals surface area contributed by atoms with Crippen LogP contribution >= 0.6 is 0 Å². The Balaban J connectivity index is 1.90. The summed E-state index contributed by atoms with van der Waals surface area (Å²) in [6.07, 6.45) is -1.36. The van der Waals surface area contributed by atoms with Gasteiger partial charge in [0.2, 0.25) is 0 Å². The first-order valence-corrected chi connectivity index (χ1v) is 8.24. The minimum Gasteiger partial charge on any atom is -0.493 e. The summed E-state index contributed by atoms with van der Waals surface area (Å²) >= 11 is 0. The van der Waals surface area contributed by atoms with Crippen molar-refractivity contribution < 1.29 is 22.6 Å². The Morgan fingerprint density at radius 1 is 1.31 bits per heavy atom. The van der Waals surface area contributed by atoms with Gasteiger partial charge >= 0.3 is 6.18 Å². The van der Waals surface area contributed by atoms with Crippen molar-refractivity contribution >= 4 is 6.21 Å². The van der Waals surface area contributed by atoms with Crippen LogP contribution in [0.2, 0.25) is 0 Å². The highest BCUT2D eigenvalue weighted by molar-refractivity contribution is 5.86. The minimum atomic E-state index is -4.49. The van der Waals surface area contributed by atoms with Crippen LogP contribution < -0.4 is 4.74 Å². The number of benzene rings is 1. The first-order valence-electron chi connectivity index (χ1n) is 8.24. The monoisotopic (exact) mass is 368 g/mol. The molecule has 2 aromatic rings. The maximum atomic E-state index is 13.3. The molecule has 0 unspecified atom stereocenters. The lowest BCUT2D eigenvalue weighted by molar-refractivity contribution is -0.137. The third kappa shape index (κ3) is 4.40. The van der Waals surface area contributed by atoms with Crippen molar-refractivity contribution in [3.8, 4) is 17.0 Å². The predicted octanol–water partition coefficient (Wildman–Crippen LogP) is 3.34. The average molecular weight is 368 g/mol. The number of alkyl halides is 3. The van der Waals surface area contributed by atoms with Crippen LogP contribution in [-0.4, -0.2) is 48.5 Å². The Kier molecular flexibility index (Phi) is 5.55. The van der Waals surface area contributed by atoms with Crippen LogP contribution in [0.25, 0.3) is 11.3 Å². The fourth-order valence-electron chi connectivity index (χ4n) is 2.78. The third-order valence-corrected chi connectivity index (χ3v) is 4.17. The number of hydrogen-bond donors (Lipinski definition) is 1. The highest BCUT2D eigenvalue weighted by atomic mass is 19.4. The van der Waals surface area contributed by atoms with Crippen molar-refractivity contribution in [2.75, 3.05) is 26.9 Å². The summed E-state index contributed by atoms with van der Waals surface area (Å²) < 4.78 is 50.8. The first-order chi connectivity index (χ1) is 12.5. The molecule has 1 aromatic heterocycles. The summed E-state index contributed by atoms with van der Waals surface area (Å²) in [5.74, 6) is 0.431. The zero-order valence-electron chi connectivity index (χ0n) is 14.2. The number of nitrogens with zero attached hydrogens (tertiary/aromatic N) is 3. The molecule has 9 heteroatoms. The Morgan fingerprint density at radius 3 is 2.77 bits per heavy atom. The average Bonchev–Trinajstić information content (AvgIpc) is 3.08. The van der Waals surface area contributed by atoms with Crippen molar-refractivity contribution in [1.29, 1.82) is 0 Å². The van der Waals surface area contributed by atoms with Crippen LogP contribution in [0.1, 0.15) is 24.1 Å². The normalized spacial score (nSPS) is 16.3. The highest BCUT2D eigenvalue weighted by Crippen LogP contribution is 2.36. The summed E-state index contributed by atoms with van der Waals surface area (Å²) in [5, 5.41) is 10.2. The SMILES string of the molecule is C/N=C\c1[nH]nnc1-c1cc(OCC2CCOCC2)cc(C(F)(F)F)c1. The first kappa shape index (κ1) is 18.4. The number of ether oxygens (including phenoxy) is 2. The van der Waals surface area contributed by atoms with Gasteiger partial charge in [0.1, 0.15) is 17.1 Å². The number of nitrogens with one attached hydrogen (secondary N) is 1. The highest BCUT2D eigenvalue weighted by Gasteiger charge is 2.32. The van der Waals surface area contributed by atoms with Gasteiger partial charge in [-0.2, -0.15) is 13.2 Å². The molecule has 0 bridgehead atoms. The summed E-state index contributed by atoms with van der Waals surface area (Å²) in [5.41, 5.74) is 0.199. The molecule has 0 aliphatic carbocycles. The molecule has 1 aliphatic heterocycles. The predicted molar refractivity (Wildman–Crippen MR) is 89.4 cm³/mol.